The molecule has 0 spiro atoms. The molecule has 0 aliphatic heterocycles. The molecule has 0 unspecified atom stereocenters. The van der Waals surface area contributed by atoms with Crippen LogP contribution in [0.4, 0.5) is 0 Å². The number of rotatable bonds is 2. The second-order valence-electron chi connectivity index (χ2n) is 4.13. The maximum absolute atomic E-state index is 11.7. The zero-order valence-corrected chi connectivity index (χ0v) is 11.6. The first kappa shape index (κ1) is 12.4. The summed E-state index contributed by atoms with van der Waals surface area (Å²) in [5.74, 6) is -0.196. The molecule has 0 heterocycles. The van der Waals surface area contributed by atoms with Crippen LogP contribution >= 0.6 is 15.9 Å². The lowest BCUT2D eigenvalue weighted by molar-refractivity contribution is -0.138. The van der Waals surface area contributed by atoms with E-state index in [1.165, 1.54) is 11.1 Å². The van der Waals surface area contributed by atoms with Crippen molar-refractivity contribution in [3.8, 4) is 0 Å². The fraction of sp³-hybridized carbons (Fsp3) is 0.357. The number of esters is 1. The van der Waals surface area contributed by atoms with Gasteiger partial charge in [0.05, 0.1) is 6.61 Å². The molecule has 3 heteroatoms. The van der Waals surface area contributed by atoms with Crippen molar-refractivity contribution in [1.82, 2.24) is 0 Å². The van der Waals surface area contributed by atoms with Gasteiger partial charge >= 0.3 is 5.97 Å². The van der Waals surface area contributed by atoms with Crippen LogP contribution in [0.5, 0.6) is 0 Å². The lowest BCUT2D eigenvalue weighted by Crippen LogP contribution is -2.06. The van der Waals surface area contributed by atoms with Gasteiger partial charge in [0.15, 0.2) is 0 Å². The van der Waals surface area contributed by atoms with Crippen LogP contribution in [0.3, 0.4) is 0 Å². The monoisotopic (exact) mass is 294 g/mol. The maximum Gasteiger partial charge on any atom is 0.333 e. The van der Waals surface area contributed by atoms with Crippen molar-refractivity contribution in [2.75, 3.05) is 6.61 Å². The zero-order valence-electron chi connectivity index (χ0n) is 10.0. The number of halogens is 1. The van der Waals surface area contributed by atoms with Gasteiger partial charge in [0, 0.05) is 10.0 Å². The average Bonchev–Trinajstić information content (AvgIpc) is 2.71. The Balaban J connectivity index is 2.38. The van der Waals surface area contributed by atoms with Crippen LogP contribution in [0.2, 0.25) is 0 Å². The van der Waals surface area contributed by atoms with Crippen molar-refractivity contribution in [3.63, 3.8) is 0 Å². The summed E-state index contributed by atoms with van der Waals surface area (Å²) in [5.41, 5.74) is 4.37. The summed E-state index contributed by atoms with van der Waals surface area (Å²) in [4.78, 5) is 11.7. The van der Waals surface area contributed by atoms with Crippen LogP contribution in [0.15, 0.2) is 28.2 Å². The third-order valence-corrected chi connectivity index (χ3v) is 3.56. The van der Waals surface area contributed by atoms with Gasteiger partial charge < -0.3 is 4.74 Å². The van der Waals surface area contributed by atoms with Gasteiger partial charge in [0.25, 0.3) is 0 Å². The summed E-state index contributed by atoms with van der Waals surface area (Å²) >= 11 is 3.47. The number of carbonyl (C=O) groups is 1. The van der Waals surface area contributed by atoms with Crippen LogP contribution in [0.1, 0.15) is 31.4 Å². The first-order valence-electron chi connectivity index (χ1n) is 5.79. The second kappa shape index (κ2) is 5.05. The molecule has 0 bridgehead atoms. The molecule has 17 heavy (non-hydrogen) atoms. The van der Waals surface area contributed by atoms with Crippen molar-refractivity contribution in [2.45, 2.75) is 26.7 Å². The van der Waals surface area contributed by atoms with Gasteiger partial charge in [-0.15, -0.1) is 0 Å². The van der Waals surface area contributed by atoms with E-state index in [0.29, 0.717) is 6.61 Å². The Bertz CT molecular complexity index is 489. The molecule has 2 rings (SSSR count). The van der Waals surface area contributed by atoms with Crippen LogP contribution in [0, 0.1) is 0 Å². The van der Waals surface area contributed by atoms with E-state index in [-0.39, 0.29) is 5.97 Å². The Kier molecular flexibility index (Phi) is 3.67. The van der Waals surface area contributed by atoms with E-state index >= 15 is 0 Å². The number of carbonyl (C=O) groups excluding carboxylic acids is 1. The molecule has 0 saturated carbocycles. The zero-order chi connectivity index (χ0) is 12.4. The SMILES string of the molecule is CCOC(=O)/C(C)=C1/CCc2cc(Br)ccc21. The van der Waals surface area contributed by atoms with Crippen LogP contribution < -0.4 is 0 Å². The van der Waals surface area contributed by atoms with Crippen molar-refractivity contribution >= 4 is 27.5 Å². The lowest BCUT2D eigenvalue weighted by atomic mass is 10.0. The molecule has 0 atom stereocenters. The number of hydrogen-bond acceptors (Lipinski definition) is 2. The fourth-order valence-corrected chi connectivity index (χ4v) is 2.62. The van der Waals surface area contributed by atoms with Crippen molar-refractivity contribution in [2.24, 2.45) is 0 Å². The average molecular weight is 295 g/mol. The minimum Gasteiger partial charge on any atom is -0.463 e. The van der Waals surface area contributed by atoms with E-state index in [4.69, 9.17) is 4.74 Å². The molecule has 2 nitrogen and oxygen atoms in total. The first-order chi connectivity index (χ1) is 8.13. The third kappa shape index (κ3) is 2.44. The highest BCUT2D eigenvalue weighted by Gasteiger charge is 2.21. The van der Waals surface area contributed by atoms with Gasteiger partial charge in [0.2, 0.25) is 0 Å². The number of benzene rings is 1. The molecule has 1 aromatic rings. The molecule has 0 amide bonds. The van der Waals surface area contributed by atoms with Crippen molar-refractivity contribution in [1.29, 1.82) is 0 Å². The lowest BCUT2D eigenvalue weighted by Gasteiger charge is -2.07. The Morgan fingerprint density at radius 2 is 2.18 bits per heavy atom. The van der Waals surface area contributed by atoms with Gasteiger partial charge in [-0.25, -0.2) is 4.79 Å². The van der Waals surface area contributed by atoms with Gasteiger partial charge in [-0.2, -0.15) is 0 Å². The summed E-state index contributed by atoms with van der Waals surface area (Å²) < 4.78 is 6.14. The number of hydrogen-bond donors (Lipinski definition) is 0. The summed E-state index contributed by atoms with van der Waals surface area (Å²) in [5, 5.41) is 0. The summed E-state index contributed by atoms with van der Waals surface area (Å²) in [6, 6.07) is 6.22. The largest absolute Gasteiger partial charge is 0.463 e. The molecule has 0 aromatic heterocycles. The molecule has 0 saturated heterocycles. The topological polar surface area (TPSA) is 26.3 Å². The van der Waals surface area contributed by atoms with E-state index in [0.717, 1.165) is 28.5 Å². The van der Waals surface area contributed by atoms with E-state index < -0.39 is 0 Å². The van der Waals surface area contributed by atoms with E-state index in [1.54, 1.807) is 0 Å². The standard InChI is InChI=1S/C14H15BrO2/c1-3-17-14(16)9(2)12-6-4-10-8-11(15)5-7-13(10)12/h5,7-8H,3-4,6H2,1-2H3/b12-9-. The van der Waals surface area contributed by atoms with Gasteiger partial charge in [-0.1, -0.05) is 22.0 Å². The summed E-state index contributed by atoms with van der Waals surface area (Å²) in [6.07, 6.45) is 1.93. The molecule has 0 radical (unpaired) electrons. The highest BCUT2D eigenvalue weighted by Crippen LogP contribution is 2.36. The van der Waals surface area contributed by atoms with Gasteiger partial charge in [-0.05, 0) is 55.5 Å². The smallest absolute Gasteiger partial charge is 0.333 e. The molecule has 1 aliphatic carbocycles. The number of allylic oxidation sites excluding steroid dienone is 1. The quantitative estimate of drug-likeness (QED) is 0.614. The normalized spacial score (nSPS) is 16.6. The summed E-state index contributed by atoms with van der Waals surface area (Å²) in [6.45, 7) is 4.11. The van der Waals surface area contributed by atoms with Crippen molar-refractivity contribution < 1.29 is 9.53 Å². The molecule has 1 aliphatic rings. The molecule has 1 aromatic carbocycles. The maximum atomic E-state index is 11.7. The number of ether oxygens (including phenoxy) is 1. The number of fused-ring (bicyclic) bond motifs is 1. The summed E-state index contributed by atoms with van der Waals surface area (Å²) in [7, 11) is 0. The Hall–Kier alpha value is -1.09. The second-order valence-corrected chi connectivity index (χ2v) is 5.04. The van der Waals surface area contributed by atoms with Gasteiger partial charge in [0.1, 0.15) is 0 Å². The predicted molar refractivity (Wildman–Crippen MR) is 71.7 cm³/mol. The third-order valence-electron chi connectivity index (χ3n) is 3.07. The van der Waals surface area contributed by atoms with Crippen LogP contribution in [0.25, 0.3) is 5.57 Å². The molecule has 0 N–H and O–H groups in total. The number of aryl methyl sites for hydroxylation is 1. The van der Waals surface area contributed by atoms with Gasteiger partial charge in [-0.3, -0.25) is 0 Å². The molecule has 0 fully saturated rings. The minimum atomic E-state index is -0.196. The first-order valence-corrected chi connectivity index (χ1v) is 6.58. The Labute approximate surface area is 110 Å². The highest BCUT2D eigenvalue weighted by atomic mass is 79.9. The molecular weight excluding hydrogens is 280 g/mol. The van der Waals surface area contributed by atoms with Crippen LogP contribution in [-0.4, -0.2) is 12.6 Å². The minimum absolute atomic E-state index is 0.196. The fourth-order valence-electron chi connectivity index (χ4n) is 2.21. The Morgan fingerprint density at radius 1 is 1.41 bits per heavy atom. The van der Waals surface area contributed by atoms with Crippen LogP contribution in [-0.2, 0) is 16.0 Å². The molecule has 90 valence electrons. The van der Waals surface area contributed by atoms with Crippen molar-refractivity contribution in [3.05, 3.63) is 39.4 Å². The van der Waals surface area contributed by atoms with E-state index in [9.17, 15) is 4.79 Å². The highest BCUT2D eigenvalue weighted by molar-refractivity contribution is 9.10. The van der Waals surface area contributed by atoms with E-state index in [1.807, 2.05) is 19.9 Å². The van der Waals surface area contributed by atoms with E-state index in [2.05, 4.69) is 28.1 Å². The molecular formula is C14H15BrO2. The predicted octanol–water partition coefficient (Wildman–Crippen LogP) is 3.73. The Morgan fingerprint density at radius 3 is 2.88 bits per heavy atom.